The maximum absolute atomic E-state index is 12.0. The molecule has 0 aliphatic carbocycles. The minimum absolute atomic E-state index is 0.0756. The number of hydrogen-bond acceptors (Lipinski definition) is 3. The quantitative estimate of drug-likeness (QED) is 0.860. The van der Waals surface area contributed by atoms with Gasteiger partial charge in [-0.25, -0.2) is 0 Å². The summed E-state index contributed by atoms with van der Waals surface area (Å²) in [4.78, 5) is 13.9. The summed E-state index contributed by atoms with van der Waals surface area (Å²) < 4.78 is 5.76. The van der Waals surface area contributed by atoms with E-state index in [9.17, 15) is 4.79 Å². The first kappa shape index (κ1) is 14.7. The molecule has 0 bridgehead atoms. The molecule has 4 nitrogen and oxygen atoms in total. The van der Waals surface area contributed by atoms with E-state index in [1.54, 1.807) is 0 Å². The number of aryl methyl sites for hydroxylation is 1. The van der Waals surface area contributed by atoms with E-state index in [2.05, 4.69) is 13.8 Å². The summed E-state index contributed by atoms with van der Waals surface area (Å²) >= 11 is 0. The number of nitrogens with two attached hydrogens (primary N) is 1. The smallest absolute Gasteiger partial charge is 0.260 e. The van der Waals surface area contributed by atoms with Crippen molar-refractivity contribution in [1.29, 1.82) is 0 Å². The van der Waals surface area contributed by atoms with Crippen LogP contribution in [0.1, 0.15) is 43.7 Å². The highest BCUT2D eigenvalue weighted by Gasteiger charge is 2.19. The second-order valence-electron chi connectivity index (χ2n) is 5.78. The molecule has 4 heteroatoms. The molecule has 0 saturated carbocycles. The van der Waals surface area contributed by atoms with Gasteiger partial charge in [0.05, 0.1) is 0 Å². The van der Waals surface area contributed by atoms with Gasteiger partial charge in [0.15, 0.2) is 6.61 Å². The molecule has 1 aliphatic heterocycles. The van der Waals surface area contributed by atoms with Gasteiger partial charge in [-0.05, 0) is 48.9 Å². The Morgan fingerprint density at radius 1 is 1.35 bits per heavy atom. The lowest BCUT2D eigenvalue weighted by Crippen LogP contribution is -2.32. The van der Waals surface area contributed by atoms with Crippen LogP contribution in [0.15, 0.2) is 12.1 Å². The number of nitrogens with zero attached hydrogens (tertiary/aromatic N) is 1. The number of carbonyl (C=O) groups excluding carboxylic acids is 1. The summed E-state index contributed by atoms with van der Waals surface area (Å²) in [7, 11) is 0. The van der Waals surface area contributed by atoms with Gasteiger partial charge in [0, 0.05) is 18.8 Å². The highest BCUT2D eigenvalue weighted by Crippen LogP contribution is 2.31. The molecule has 0 spiro atoms. The van der Waals surface area contributed by atoms with Gasteiger partial charge in [0.1, 0.15) is 5.75 Å². The van der Waals surface area contributed by atoms with E-state index < -0.39 is 0 Å². The number of rotatable bonds is 4. The van der Waals surface area contributed by atoms with Crippen LogP contribution in [-0.4, -0.2) is 30.5 Å². The van der Waals surface area contributed by atoms with Gasteiger partial charge in [-0.3, -0.25) is 4.79 Å². The molecule has 1 fully saturated rings. The second kappa shape index (κ2) is 6.16. The number of carbonyl (C=O) groups is 1. The predicted octanol–water partition coefficient (Wildman–Crippen LogP) is 2.70. The van der Waals surface area contributed by atoms with Crippen molar-refractivity contribution in [2.75, 3.05) is 25.4 Å². The molecule has 1 aliphatic rings. The Labute approximate surface area is 120 Å². The number of anilines is 1. The average molecular weight is 276 g/mol. The first-order chi connectivity index (χ1) is 9.49. The molecule has 2 N–H and O–H groups in total. The predicted molar refractivity (Wildman–Crippen MR) is 81.0 cm³/mol. The van der Waals surface area contributed by atoms with Gasteiger partial charge in [-0.1, -0.05) is 13.8 Å². The minimum atomic E-state index is 0.0756. The summed E-state index contributed by atoms with van der Waals surface area (Å²) in [5.74, 6) is 1.17. The van der Waals surface area contributed by atoms with Crippen LogP contribution in [0, 0.1) is 6.92 Å². The molecule has 1 aromatic rings. The molecular weight excluding hydrogens is 252 g/mol. The zero-order valence-electron chi connectivity index (χ0n) is 12.6. The number of ether oxygens (including phenoxy) is 1. The number of hydrogen-bond donors (Lipinski definition) is 1. The normalized spacial score (nSPS) is 14.9. The Balaban J connectivity index is 2.08. The number of amides is 1. The molecule has 110 valence electrons. The van der Waals surface area contributed by atoms with Crippen LogP contribution < -0.4 is 10.5 Å². The van der Waals surface area contributed by atoms with Crippen molar-refractivity contribution in [3.8, 4) is 5.75 Å². The number of benzene rings is 1. The van der Waals surface area contributed by atoms with Gasteiger partial charge in [-0.2, -0.15) is 0 Å². The monoisotopic (exact) mass is 276 g/mol. The van der Waals surface area contributed by atoms with Crippen molar-refractivity contribution < 1.29 is 9.53 Å². The van der Waals surface area contributed by atoms with Crippen molar-refractivity contribution in [3.05, 3.63) is 23.3 Å². The SMILES string of the molecule is Cc1cc(OCC(=O)N2CCCC2)c(C(C)C)cc1N. The number of nitrogen functional groups attached to an aromatic ring is 1. The minimum Gasteiger partial charge on any atom is -0.483 e. The lowest BCUT2D eigenvalue weighted by atomic mass is 9.99. The molecule has 0 aromatic heterocycles. The summed E-state index contributed by atoms with van der Waals surface area (Å²) in [5.41, 5.74) is 8.76. The van der Waals surface area contributed by atoms with Crippen molar-refractivity contribution in [2.24, 2.45) is 0 Å². The lowest BCUT2D eigenvalue weighted by molar-refractivity contribution is -0.132. The highest BCUT2D eigenvalue weighted by molar-refractivity contribution is 5.78. The summed E-state index contributed by atoms with van der Waals surface area (Å²) in [6.07, 6.45) is 2.20. The molecule has 1 saturated heterocycles. The highest BCUT2D eigenvalue weighted by atomic mass is 16.5. The summed E-state index contributed by atoms with van der Waals surface area (Å²) in [6.45, 7) is 7.98. The fourth-order valence-electron chi connectivity index (χ4n) is 2.49. The van der Waals surface area contributed by atoms with E-state index in [4.69, 9.17) is 10.5 Å². The molecular formula is C16H24N2O2. The Morgan fingerprint density at radius 3 is 2.60 bits per heavy atom. The van der Waals surface area contributed by atoms with Crippen molar-refractivity contribution >= 4 is 11.6 Å². The molecule has 20 heavy (non-hydrogen) atoms. The van der Waals surface area contributed by atoms with Gasteiger partial charge in [0.25, 0.3) is 5.91 Å². The third-order valence-electron chi connectivity index (χ3n) is 3.83. The molecule has 1 amide bonds. The fraction of sp³-hybridized carbons (Fsp3) is 0.562. The zero-order chi connectivity index (χ0) is 14.7. The van der Waals surface area contributed by atoms with Crippen LogP contribution in [0.25, 0.3) is 0 Å². The van der Waals surface area contributed by atoms with Crippen LogP contribution in [0.2, 0.25) is 0 Å². The molecule has 1 aromatic carbocycles. The van der Waals surface area contributed by atoms with Crippen LogP contribution in [0.5, 0.6) is 5.75 Å². The van der Waals surface area contributed by atoms with Gasteiger partial charge in [-0.15, -0.1) is 0 Å². The lowest BCUT2D eigenvalue weighted by Gasteiger charge is -2.19. The molecule has 2 rings (SSSR count). The first-order valence-electron chi connectivity index (χ1n) is 7.29. The van der Waals surface area contributed by atoms with E-state index in [1.165, 1.54) is 0 Å². The van der Waals surface area contributed by atoms with E-state index in [0.29, 0.717) is 5.92 Å². The Hall–Kier alpha value is -1.71. The Bertz CT molecular complexity index is 491. The Morgan fingerprint density at radius 2 is 2.00 bits per heavy atom. The largest absolute Gasteiger partial charge is 0.483 e. The van der Waals surface area contributed by atoms with E-state index in [1.807, 2.05) is 24.0 Å². The van der Waals surface area contributed by atoms with Crippen LogP contribution in [-0.2, 0) is 4.79 Å². The maximum atomic E-state index is 12.0. The van der Waals surface area contributed by atoms with E-state index in [0.717, 1.165) is 48.5 Å². The third kappa shape index (κ3) is 3.24. The average Bonchev–Trinajstić information content (AvgIpc) is 2.93. The Kier molecular flexibility index (Phi) is 4.53. The van der Waals surface area contributed by atoms with Crippen molar-refractivity contribution in [2.45, 2.75) is 39.5 Å². The number of likely N-dealkylation sites (tertiary alicyclic amines) is 1. The molecule has 0 radical (unpaired) electrons. The van der Waals surface area contributed by atoms with Crippen LogP contribution in [0.3, 0.4) is 0 Å². The third-order valence-corrected chi connectivity index (χ3v) is 3.83. The molecule has 0 atom stereocenters. The standard InChI is InChI=1S/C16H24N2O2/c1-11(2)13-9-14(17)12(3)8-15(13)20-10-16(19)18-6-4-5-7-18/h8-9,11H,4-7,10,17H2,1-3H3. The summed E-state index contributed by atoms with van der Waals surface area (Å²) in [6, 6.07) is 3.89. The van der Waals surface area contributed by atoms with Gasteiger partial charge < -0.3 is 15.4 Å². The fourth-order valence-corrected chi connectivity index (χ4v) is 2.49. The second-order valence-corrected chi connectivity index (χ2v) is 5.78. The maximum Gasteiger partial charge on any atom is 0.260 e. The van der Waals surface area contributed by atoms with E-state index in [-0.39, 0.29) is 12.5 Å². The first-order valence-corrected chi connectivity index (χ1v) is 7.29. The summed E-state index contributed by atoms with van der Waals surface area (Å²) in [5, 5.41) is 0. The van der Waals surface area contributed by atoms with Gasteiger partial charge >= 0.3 is 0 Å². The molecule has 0 unspecified atom stereocenters. The van der Waals surface area contributed by atoms with Crippen molar-refractivity contribution in [1.82, 2.24) is 4.90 Å². The van der Waals surface area contributed by atoms with Crippen LogP contribution >= 0.6 is 0 Å². The zero-order valence-corrected chi connectivity index (χ0v) is 12.6. The van der Waals surface area contributed by atoms with Gasteiger partial charge in [0.2, 0.25) is 0 Å². The topological polar surface area (TPSA) is 55.6 Å². The molecule has 1 heterocycles. The van der Waals surface area contributed by atoms with Crippen molar-refractivity contribution in [3.63, 3.8) is 0 Å². The van der Waals surface area contributed by atoms with E-state index >= 15 is 0 Å². The van der Waals surface area contributed by atoms with Crippen LogP contribution in [0.4, 0.5) is 5.69 Å².